The second-order valence-electron chi connectivity index (χ2n) is 7.18. The monoisotopic (exact) mass is 456 g/mol. The van der Waals surface area contributed by atoms with Gasteiger partial charge in [-0.05, 0) is 32.3 Å². The number of alkyl halides is 6. The van der Waals surface area contributed by atoms with Gasteiger partial charge in [0.15, 0.2) is 5.69 Å². The topological polar surface area (TPSA) is 128 Å². The van der Waals surface area contributed by atoms with E-state index in [1.54, 1.807) is 0 Å². The molecule has 1 unspecified atom stereocenters. The van der Waals surface area contributed by atoms with Crippen molar-refractivity contribution >= 4 is 5.69 Å². The third kappa shape index (κ3) is 4.26. The Labute approximate surface area is 171 Å². The predicted octanol–water partition coefficient (Wildman–Crippen LogP) is 3.18. The number of halogens is 6. The van der Waals surface area contributed by atoms with Gasteiger partial charge >= 0.3 is 12.4 Å². The highest BCUT2D eigenvalue weighted by Crippen LogP contribution is 2.44. The quantitative estimate of drug-likeness (QED) is 0.516. The van der Waals surface area contributed by atoms with Gasteiger partial charge in [-0.1, -0.05) is 6.42 Å². The summed E-state index contributed by atoms with van der Waals surface area (Å²) < 4.78 is 91.3. The molecule has 4 N–H and O–H groups in total. The van der Waals surface area contributed by atoms with Gasteiger partial charge in [-0.15, -0.1) is 10.2 Å². The maximum Gasteiger partial charge on any atom is 0.428 e. The minimum atomic E-state index is -5.39. The maximum absolute atomic E-state index is 13.6. The molecule has 0 aliphatic carbocycles. The number of aliphatic hydroxyl groups is 2. The molecular formula is C17H18F6N4O4. The van der Waals surface area contributed by atoms with Crippen molar-refractivity contribution in [2.24, 2.45) is 0 Å². The van der Waals surface area contributed by atoms with Gasteiger partial charge in [-0.25, -0.2) is 4.98 Å². The molecule has 2 aromatic heterocycles. The highest BCUT2D eigenvalue weighted by Gasteiger charge is 2.63. The number of aliphatic hydroxyl groups excluding tert-OH is 1. The lowest BCUT2D eigenvalue weighted by molar-refractivity contribution is -0.306. The first-order chi connectivity index (χ1) is 14.2. The van der Waals surface area contributed by atoms with Gasteiger partial charge in [-0.3, -0.25) is 0 Å². The van der Waals surface area contributed by atoms with Crippen molar-refractivity contribution in [3.05, 3.63) is 17.5 Å². The van der Waals surface area contributed by atoms with Gasteiger partial charge in [0.2, 0.25) is 5.88 Å². The third-order valence-electron chi connectivity index (χ3n) is 4.84. The fourth-order valence-electron chi connectivity index (χ4n) is 3.13. The Morgan fingerprint density at radius 3 is 2.39 bits per heavy atom. The smallest absolute Gasteiger partial charge is 0.428 e. The molecule has 3 heterocycles. The fourth-order valence-corrected chi connectivity index (χ4v) is 3.13. The summed E-state index contributed by atoms with van der Waals surface area (Å²) in [6, 6.07) is 0.491. The van der Waals surface area contributed by atoms with Crippen LogP contribution in [0.3, 0.4) is 0 Å². The van der Waals surface area contributed by atoms with Gasteiger partial charge in [0, 0.05) is 0 Å². The molecule has 1 aliphatic heterocycles. The van der Waals surface area contributed by atoms with E-state index in [-0.39, 0.29) is 19.3 Å². The summed E-state index contributed by atoms with van der Waals surface area (Å²) in [5, 5.41) is 26.9. The van der Waals surface area contributed by atoms with Crippen molar-refractivity contribution in [2.45, 2.75) is 62.8 Å². The molecule has 1 aliphatic rings. The second kappa shape index (κ2) is 7.82. The Balaban J connectivity index is 2.21. The molecule has 0 amide bonds. The number of nitrogen functional groups attached to an aromatic ring is 1. The number of ether oxygens (including phenoxy) is 1. The molecule has 8 nitrogen and oxygen atoms in total. The lowest BCUT2D eigenvalue weighted by atomic mass is 9.91. The zero-order valence-corrected chi connectivity index (χ0v) is 16.0. The number of hydrogen-bond acceptors (Lipinski definition) is 8. The molecule has 0 spiro atoms. The number of pyridine rings is 1. The molecule has 0 saturated heterocycles. The number of anilines is 1. The van der Waals surface area contributed by atoms with E-state index in [1.807, 2.05) is 0 Å². The Bertz CT molecular complexity index is 948. The molecule has 0 radical (unpaired) electrons. The summed E-state index contributed by atoms with van der Waals surface area (Å²) in [4.78, 5) is 3.66. The summed E-state index contributed by atoms with van der Waals surface area (Å²) in [6.45, 7) is 1.46. The van der Waals surface area contributed by atoms with Crippen molar-refractivity contribution in [3.8, 4) is 17.5 Å². The van der Waals surface area contributed by atoms with Crippen LogP contribution in [0.2, 0.25) is 0 Å². The molecule has 0 aromatic carbocycles. The van der Waals surface area contributed by atoms with E-state index in [0.717, 1.165) is 0 Å². The van der Waals surface area contributed by atoms with Crippen molar-refractivity contribution in [1.82, 2.24) is 15.2 Å². The largest absolute Gasteiger partial charge is 0.474 e. The van der Waals surface area contributed by atoms with Crippen LogP contribution in [0.1, 0.15) is 44.1 Å². The molecule has 3 rings (SSSR count). The SMILES string of the molecule is C[C@@H]1CCCCC(O)[C@](O)(C(F)(F)F)c2nnc(o2)-c2nc(c(C(F)(F)F)cc2N)O1. The van der Waals surface area contributed by atoms with Gasteiger partial charge in [-0.2, -0.15) is 26.3 Å². The van der Waals surface area contributed by atoms with Gasteiger partial charge in [0.25, 0.3) is 17.4 Å². The van der Waals surface area contributed by atoms with E-state index in [2.05, 4.69) is 15.2 Å². The van der Waals surface area contributed by atoms with Crippen LogP contribution < -0.4 is 10.5 Å². The average molecular weight is 456 g/mol. The Morgan fingerprint density at radius 2 is 1.77 bits per heavy atom. The fraction of sp³-hybridized carbons (Fsp3) is 0.588. The van der Waals surface area contributed by atoms with E-state index in [0.29, 0.717) is 6.07 Å². The zero-order valence-electron chi connectivity index (χ0n) is 16.0. The normalized spacial score (nSPS) is 25.6. The van der Waals surface area contributed by atoms with E-state index >= 15 is 0 Å². The number of fused-ring (bicyclic) bond motifs is 5. The number of rotatable bonds is 0. The van der Waals surface area contributed by atoms with E-state index < -0.39 is 71.2 Å². The van der Waals surface area contributed by atoms with Crippen LogP contribution in [-0.2, 0) is 11.8 Å². The van der Waals surface area contributed by atoms with Gasteiger partial charge < -0.3 is 25.1 Å². The lowest BCUT2D eigenvalue weighted by Crippen LogP contribution is -2.52. The first kappa shape index (κ1) is 23.1. The molecule has 172 valence electrons. The summed E-state index contributed by atoms with van der Waals surface area (Å²) in [5.74, 6) is -3.03. The van der Waals surface area contributed by atoms with Crippen LogP contribution in [0.15, 0.2) is 10.5 Å². The average Bonchev–Trinajstić information content (AvgIpc) is 3.13. The summed E-state index contributed by atoms with van der Waals surface area (Å²) in [7, 11) is 0. The Hall–Kier alpha value is -2.61. The standard InChI is InChI=1S/C17H18F6N4O4/c1-7-4-2-3-5-10(28)15(29,17(21,22)23)14-27-26-13(31-14)11-9(24)6-8(16(18,19)20)12(25-11)30-7/h6-7,10,28-29H,2-5,24H2,1H3/t7-,10?,15-/m1/s1. The lowest BCUT2D eigenvalue weighted by Gasteiger charge is -2.31. The molecular weight excluding hydrogens is 438 g/mol. The predicted molar refractivity (Wildman–Crippen MR) is 91.5 cm³/mol. The molecule has 3 atom stereocenters. The van der Waals surface area contributed by atoms with E-state index in [9.17, 15) is 36.6 Å². The van der Waals surface area contributed by atoms with Crippen molar-refractivity contribution < 1.29 is 45.7 Å². The van der Waals surface area contributed by atoms with Gasteiger partial charge in [0.05, 0.1) is 11.8 Å². The molecule has 31 heavy (non-hydrogen) atoms. The van der Waals surface area contributed by atoms with Crippen molar-refractivity contribution in [2.75, 3.05) is 5.73 Å². The van der Waals surface area contributed by atoms with Crippen molar-refractivity contribution in [1.29, 1.82) is 0 Å². The molecule has 14 heteroatoms. The minimum absolute atomic E-state index is 0.000789. The number of nitrogens with two attached hydrogens (primary N) is 1. The molecule has 0 saturated carbocycles. The van der Waals surface area contributed by atoms with E-state index in [4.69, 9.17) is 14.9 Å². The summed E-state index contributed by atoms with van der Waals surface area (Å²) in [5.41, 5.74) is -0.758. The first-order valence-electron chi connectivity index (χ1n) is 9.11. The van der Waals surface area contributed by atoms with Crippen LogP contribution >= 0.6 is 0 Å². The highest BCUT2D eigenvalue weighted by atomic mass is 19.4. The third-order valence-corrected chi connectivity index (χ3v) is 4.84. The summed E-state index contributed by atoms with van der Waals surface area (Å²) >= 11 is 0. The Morgan fingerprint density at radius 1 is 1.13 bits per heavy atom. The highest BCUT2D eigenvalue weighted by molar-refractivity contribution is 5.68. The van der Waals surface area contributed by atoms with Crippen LogP contribution in [-0.4, -0.2) is 43.8 Å². The maximum atomic E-state index is 13.6. The van der Waals surface area contributed by atoms with Crippen LogP contribution in [0.4, 0.5) is 32.0 Å². The summed E-state index contributed by atoms with van der Waals surface area (Å²) in [6.07, 6.45) is -13.6. The zero-order chi connectivity index (χ0) is 23.2. The Kier molecular flexibility index (Phi) is 5.82. The number of nitrogens with zero attached hydrogens (tertiary/aromatic N) is 3. The van der Waals surface area contributed by atoms with Crippen LogP contribution in [0.5, 0.6) is 5.88 Å². The molecule has 0 fully saturated rings. The number of aromatic nitrogens is 3. The van der Waals surface area contributed by atoms with Crippen molar-refractivity contribution in [3.63, 3.8) is 0 Å². The number of hydrogen-bond donors (Lipinski definition) is 3. The van der Waals surface area contributed by atoms with Crippen LogP contribution in [0.25, 0.3) is 11.6 Å². The minimum Gasteiger partial charge on any atom is -0.474 e. The molecule has 4 bridgehead atoms. The van der Waals surface area contributed by atoms with Crippen LogP contribution in [0, 0.1) is 0 Å². The second-order valence-corrected chi connectivity index (χ2v) is 7.18. The molecule has 2 aromatic rings. The first-order valence-corrected chi connectivity index (χ1v) is 9.11. The van der Waals surface area contributed by atoms with Gasteiger partial charge in [0.1, 0.15) is 11.7 Å². The van der Waals surface area contributed by atoms with E-state index in [1.165, 1.54) is 6.92 Å².